The molecule has 2 N–H and O–H groups in total. The molecular weight excluding hydrogens is 278 g/mol. The van der Waals surface area contributed by atoms with Gasteiger partial charge >= 0.3 is 17.1 Å². The van der Waals surface area contributed by atoms with Crippen LogP contribution in [0.1, 0.15) is 44.9 Å². The number of aromatic amines is 2. The SMILES string of the molecule is O=c1[nH]c(=O)n(CCCCCCCCC23OC2O3)c(=O)[nH]1. The smallest absolute Gasteiger partial charge is 0.310 e. The topological polar surface area (TPSA) is 113 Å². The fraction of sp³-hybridized carbons (Fsp3) is 0.769. The summed E-state index contributed by atoms with van der Waals surface area (Å²) in [6.45, 7) is 0.331. The molecule has 8 heteroatoms. The van der Waals surface area contributed by atoms with Gasteiger partial charge in [-0.25, -0.2) is 19.0 Å². The van der Waals surface area contributed by atoms with Crippen molar-refractivity contribution in [1.82, 2.24) is 14.5 Å². The second-order valence-corrected chi connectivity index (χ2v) is 5.59. The van der Waals surface area contributed by atoms with Gasteiger partial charge in [0.05, 0.1) is 0 Å². The minimum absolute atomic E-state index is 0.103. The highest BCUT2D eigenvalue weighted by molar-refractivity contribution is 5.02. The van der Waals surface area contributed by atoms with Crippen molar-refractivity contribution in [3.63, 3.8) is 0 Å². The first-order valence-corrected chi connectivity index (χ1v) is 7.40. The van der Waals surface area contributed by atoms with E-state index in [0.717, 1.165) is 49.5 Å². The summed E-state index contributed by atoms with van der Waals surface area (Å²) >= 11 is 0. The van der Waals surface area contributed by atoms with Gasteiger partial charge in [0.15, 0.2) is 0 Å². The van der Waals surface area contributed by atoms with Crippen LogP contribution in [0.5, 0.6) is 0 Å². The molecule has 0 radical (unpaired) electrons. The maximum Gasteiger partial charge on any atom is 0.333 e. The Hall–Kier alpha value is -1.67. The maximum absolute atomic E-state index is 11.4. The molecule has 3 rings (SSSR count). The second-order valence-electron chi connectivity index (χ2n) is 5.59. The molecule has 0 bridgehead atoms. The third kappa shape index (κ3) is 3.33. The van der Waals surface area contributed by atoms with Gasteiger partial charge < -0.3 is 9.47 Å². The lowest BCUT2D eigenvalue weighted by Gasteiger charge is -2.04. The lowest BCUT2D eigenvalue weighted by atomic mass is 10.1. The van der Waals surface area contributed by atoms with E-state index in [-0.39, 0.29) is 12.1 Å². The van der Waals surface area contributed by atoms with Gasteiger partial charge in [-0.1, -0.05) is 25.7 Å². The molecule has 116 valence electrons. The molecule has 2 aliphatic rings. The number of unbranched alkanes of at least 4 members (excludes halogenated alkanes) is 5. The van der Waals surface area contributed by atoms with Crippen LogP contribution in [0.3, 0.4) is 0 Å². The Morgan fingerprint density at radius 1 is 0.905 bits per heavy atom. The molecular formula is C13H19N3O5. The highest BCUT2D eigenvalue weighted by Gasteiger charge is 2.76. The van der Waals surface area contributed by atoms with Gasteiger partial charge in [0.25, 0.3) is 0 Å². The van der Waals surface area contributed by atoms with Crippen LogP contribution in [0.2, 0.25) is 0 Å². The van der Waals surface area contributed by atoms with Gasteiger partial charge in [0, 0.05) is 13.0 Å². The van der Waals surface area contributed by atoms with Crippen LogP contribution >= 0.6 is 0 Å². The largest absolute Gasteiger partial charge is 0.333 e. The van der Waals surface area contributed by atoms with E-state index < -0.39 is 17.1 Å². The number of hydrogen-bond acceptors (Lipinski definition) is 5. The molecule has 2 saturated heterocycles. The van der Waals surface area contributed by atoms with E-state index in [1.165, 1.54) is 0 Å². The fourth-order valence-electron chi connectivity index (χ4n) is 2.54. The number of ether oxygens (including phenoxy) is 2. The number of nitrogens with one attached hydrogen (secondary N) is 2. The van der Waals surface area contributed by atoms with E-state index in [1.807, 2.05) is 9.97 Å². The Morgan fingerprint density at radius 2 is 1.43 bits per heavy atom. The average Bonchev–Trinajstić information content (AvgIpc) is 3.24. The van der Waals surface area contributed by atoms with Crippen LogP contribution < -0.4 is 17.1 Å². The average molecular weight is 297 g/mol. The normalized spacial score (nSPS) is 25.6. The number of aromatic nitrogens is 3. The van der Waals surface area contributed by atoms with E-state index in [1.54, 1.807) is 0 Å². The zero-order valence-electron chi connectivity index (χ0n) is 11.7. The molecule has 0 aliphatic carbocycles. The van der Waals surface area contributed by atoms with Crippen molar-refractivity contribution < 1.29 is 9.47 Å². The standard InChI is InChI=1S/C13H19N3O5/c17-10-14-11(18)16(12(19)15-10)8-6-4-2-1-3-5-7-13-9(20-13)21-13/h9H,1-8H2,(H2,14,15,17,18,19). The number of hydrogen-bond donors (Lipinski definition) is 2. The molecule has 0 unspecified atom stereocenters. The van der Waals surface area contributed by atoms with Crippen LogP contribution in [0.4, 0.5) is 0 Å². The van der Waals surface area contributed by atoms with E-state index in [9.17, 15) is 14.4 Å². The van der Waals surface area contributed by atoms with Crippen LogP contribution in [0.25, 0.3) is 0 Å². The minimum atomic E-state index is -0.762. The Balaban J connectivity index is 1.28. The third-order valence-electron chi connectivity index (χ3n) is 3.95. The van der Waals surface area contributed by atoms with Crippen LogP contribution in [-0.2, 0) is 16.0 Å². The number of rotatable bonds is 9. The Morgan fingerprint density at radius 3 is 2.00 bits per heavy atom. The molecule has 0 atom stereocenters. The van der Waals surface area contributed by atoms with Gasteiger partial charge in [-0.3, -0.25) is 9.97 Å². The van der Waals surface area contributed by atoms with Gasteiger partial charge in [-0.2, -0.15) is 0 Å². The molecule has 0 spiro atoms. The van der Waals surface area contributed by atoms with Gasteiger partial charge in [0.2, 0.25) is 12.1 Å². The lowest BCUT2D eigenvalue weighted by Crippen LogP contribution is -2.43. The van der Waals surface area contributed by atoms with E-state index in [2.05, 4.69) is 0 Å². The fourth-order valence-corrected chi connectivity index (χ4v) is 2.54. The Kier molecular flexibility index (Phi) is 3.81. The van der Waals surface area contributed by atoms with Crippen molar-refractivity contribution >= 4 is 0 Å². The molecule has 21 heavy (non-hydrogen) atoms. The van der Waals surface area contributed by atoms with Crippen molar-refractivity contribution in [2.24, 2.45) is 0 Å². The van der Waals surface area contributed by atoms with Crippen molar-refractivity contribution in [1.29, 1.82) is 0 Å². The van der Waals surface area contributed by atoms with Crippen LogP contribution in [0, 0.1) is 0 Å². The summed E-state index contributed by atoms with van der Waals surface area (Å²) in [5.41, 5.74) is -2.06. The molecule has 3 heterocycles. The van der Waals surface area contributed by atoms with Gasteiger partial charge in [-0.15, -0.1) is 0 Å². The quantitative estimate of drug-likeness (QED) is 0.493. The van der Waals surface area contributed by atoms with Crippen molar-refractivity contribution in [3.05, 3.63) is 31.5 Å². The molecule has 1 aromatic rings. The first-order valence-electron chi connectivity index (χ1n) is 7.40. The molecule has 0 amide bonds. The van der Waals surface area contributed by atoms with E-state index in [0.29, 0.717) is 6.54 Å². The summed E-state index contributed by atoms with van der Waals surface area (Å²) in [4.78, 5) is 37.8. The molecule has 0 aromatic carbocycles. The zero-order valence-corrected chi connectivity index (χ0v) is 11.7. The number of epoxide rings is 2. The summed E-state index contributed by atoms with van der Waals surface area (Å²) in [7, 11) is 0. The van der Waals surface area contributed by atoms with E-state index in [4.69, 9.17) is 9.47 Å². The monoisotopic (exact) mass is 297 g/mol. The molecule has 1 aromatic heterocycles. The Bertz CT molecular complexity index is 633. The Labute approximate surface area is 120 Å². The van der Waals surface area contributed by atoms with Gasteiger partial charge in [0.1, 0.15) is 0 Å². The predicted octanol–water partition coefficient (Wildman–Crippen LogP) is 0.0384. The highest BCUT2D eigenvalue weighted by atomic mass is 17.0. The number of fused-ring (bicyclic) bond motifs is 1. The zero-order chi connectivity index (χ0) is 14.9. The molecule has 2 aliphatic heterocycles. The first kappa shape index (κ1) is 14.3. The third-order valence-corrected chi connectivity index (χ3v) is 3.95. The summed E-state index contributed by atoms with van der Waals surface area (Å²) in [6, 6.07) is 0. The summed E-state index contributed by atoms with van der Waals surface area (Å²) in [5.74, 6) is -0.174. The van der Waals surface area contributed by atoms with Crippen LogP contribution in [-0.4, -0.2) is 26.6 Å². The summed E-state index contributed by atoms with van der Waals surface area (Å²) < 4.78 is 11.4. The number of nitrogens with zero attached hydrogens (tertiary/aromatic N) is 1. The van der Waals surface area contributed by atoms with Crippen molar-refractivity contribution in [3.8, 4) is 0 Å². The maximum atomic E-state index is 11.4. The predicted molar refractivity (Wildman–Crippen MR) is 73.0 cm³/mol. The van der Waals surface area contributed by atoms with Crippen molar-refractivity contribution in [2.45, 2.75) is 63.6 Å². The minimum Gasteiger partial charge on any atom is -0.310 e. The molecule has 8 nitrogen and oxygen atoms in total. The van der Waals surface area contributed by atoms with Gasteiger partial charge in [-0.05, 0) is 12.8 Å². The lowest BCUT2D eigenvalue weighted by molar-refractivity contribution is -0.0542. The highest BCUT2D eigenvalue weighted by Crippen LogP contribution is 2.59. The second kappa shape index (κ2) is 5.61. The molecule has 0 saturated carbocycles. The number of H-pyrrole nitrogens is 2. The first-order chi connectivity index (χ1) is 10.1. The summed E-state index contributed by atoms with van der Waals surface area (Å²) in [5, 5.41) is 0. The van der Waals surface area contributed by atoms with Crippen LogP contribution in [0.15, 0.2) is 14.4 Å². The summed E-state index contributed by atoms with van der Waals surface area (Å²) in [6.07, 6.45) is 7.21. The van der Waals surface area contributed by atoms with E-state index >= 15 is 0 Å². The van der Waals surface area contributed by atoms with Crippen molar-refractivity contribution in [2.75, 3.05) is 0 Å². The molecule has 2 fully saturated rings.